The van der Waals surface area contributed by atoms with E-state index in [2.05, 4.69) is 26.7 Å². The molecule has 0 N–H and O–H groups in total. The van der Waals surface area contributed by atoms with E-state index in [-0.39, 0.29) is 6.01 Å². The van der Waals surface area contributed by atoms with Crippen molar-refractivity contribution in [1.29, 1.82) is 0 Å². The van der Waals surface area contributed by atoms with E-state index in [9.17, 15) is 0 Å². The second-order valence-electron chi connectivity index (χ2n) is 5.29. The first-order valence-corrected chi connectivity index (χ1v) is 7.10. The Morgan fingerprint density at radius 3 is 2.73 bits per heavy atom. The van der Waals surface area contributed by atoms with Gasteiger partial charge in [0, 0.05) is 6.20 Å². The first-order chi connectivity index (χ1) is 10.7. The standard InChI is InChI=1S/C16H18N4O2/c1-5-10-6-12(10)11-7-14(20-19-9(11)2)13-8-17-16(22-4)18-15(13)21-3/h5,7-8,10,12H,1,6H2,2-4H3. The van der Waals surface area contributed by atoms with Gasteiger partial charge >= 0.3 is 6.01 Å². The van der Waals surface area contributed by atoms with Gasteiger partial charge in [-0.15, -0.1) is 11.7 Å². The molecule has 0 amide bonds. The highest BCUT2D eigenvalue weighted by Gasteiger charge is 2.37. The number of allylic oxidation sites excluding steroid dienone is 1. The summed E-state index contributed by atoms with van der Waals surface area (Å²) in [6.07, 6.45) is 4.76. The zero-order chi connectivity index (χ0) is 15.7. The molecule has 1 aliphatic carbocycles. The number of hydrogen-bond donors (Lipinski definition) is 0. The normalized spacial score (nSPS) is 19.6. The van der Waals surface area contributed by atoms with Gasteiger partial charge < -0.3 is 9.47 Å². The molecular weight excluding hydrogens is 280 g/mol. The summed E-state index contributed by atoms with van der Waals surface area (Å²) in [6.45, 7) is 5.84. The molecule has 0 aliphatic heterocycles. The Morgan fingerprint density at radius 2 is 2.09 bits per heavy atom. The van der Waals surface area contributed by atoms with Crippen molar-refractivity contribution in [3.8, 4) is 23.1 Å². The van der Waals surface area contributed by atoms with E-state index in [0.717, 1.165) is 12.1 Å². The molecule has 0 saturated heterocycles. The van der Waals surface area contributed by atoms with Gasteiger partial charge in [-0.1, -0.05) is 6.08 Å². The molecule has 2 aromatic heterocycles. The van der Waals surface area contributed by atoms with Crippen LogP contribution < -0.4 is 9.47 Å². The third-order valence-corrected chi connectivity index (χ3v) is 3.94. The highest BCUT2D eigenvalue weighted by atomic mass is 16.5. The topological polar surface area (TPSA) is 70.0 Å². The molecule has 0 spiro atoms. The molecule has 2 unspecified atom stereocenters. The molecule has 0 bridgehead atoms. The van der Waals surface area contributed by atoms with Crippen LogP contribution in [-0.2, 0) is 0 Å². The molecule has 2 atom stereocenters. The molecular formula is C16H18N4O2. The van der Waals surface area contributed by atoms with Gasteiger partial charge in [0.15, 0.2) is 0 Å². The number of hydrogen-bond acceptors (Lipinski definition) is 6. The molecule has 0 radical (unpaired) electrons. The van der Waals surface area contributed by atoms with Gasteiger partial charge in [-0.05, 0) is 36.8 Å². The zero-order valence-electron chi connectivity index (χ0n) is 12.9. The number of nitrogens with zero attached hydrogens (tertiary/aromatic N) is 4. The number of aryl methyl sites for hydroxylation is 1. The molecule has 2 heterocycles. The summed E-state index contributed by atoms with van der Waals surface area (Å²) in [5, 5.41) is 8.53. The smallest absolute Gasteiger partial charge is 0.319 e. The Morgan fingerprint density at radius 1 is 1.27 bits per heavy atom. The van der Waals surface area contributed by atoms with Crippen LogP contribution in [0.25, 0.3) is 11.3 Å². The van der Waals surface area contributed by atoms with Crippen LogP contribution in [0.3, 0.4) is 0 Å². The Labute approximate surface area is 129 Å². The molecule has 6 heteroatoms. The third kappa shape index (κ3) is 2.52. The SMILES string of the molecule is C=CC1CC1c1cc(-c2cnc(OC)nc2OC)nnc1C. The van der Waals surface area contributed by atoms with E-state index in [1.165, 1.54) is 12.7 Å². The molecule has 1 saturated carbocycles. The van der Waals surface area contributed by atoms with Gasteiger partial charge in [-0.25, -0.2) is 4.98 Å². The van der Waals surface area contributed by atoms with Crippen LogP contribution in [0.15, 0.2) is 24.9 Å². The van der Waals surface area contributed by atoms with Crippen LogP contribution in [-0.4, -0.2) is 34.4 Å². The summed E-state index contributed by atoms with van der Waals surface area (Å²) in [5.74, 6) is 1.44. The van der Waals surface area contributed by atoms with Gasteiger partial charge in [0.25, 0.3) is 0 Å². The van der Waals surface area contributed by atoms with Crippen LogP contribution in [0.1, 0.15) is 23.6 Å². The van der Waals surface area contributed by atoms with Crippen molar-refractivity contribution in [2.45, 2.75) is 19.3 Å². The lowest BCUT2D eigenvalue weighted by atomic mass is 10.1. The summed E-state index contributed by atoms with van der Waals surface area (Å²) in [7, 11) is 3.07. The van der Waals surface area contributed by atoms with Gasteiger partial charge in [0.1, 0.15) is 5.69 Å². The van der Waals surface area contributed by atoms with Crippen molar-refractivity contribution >= 4 is 0 Å². The molecule has 6 nitrogen and oxygen atoms in total. The molecule has 0 aromatic carbocycles. The summed E-state index contributed by atoms with van der Waals surface area (Å²) in [6, 6.07) is 2.30. The third-order valence-electron chi connectivity index (χ3n) is 3.94. The molecule has 3 rings (SSSR count). The van der Waals surface area contributed by atoms with Gasteiger partial charge in [-0.2, -0.15) is 10.1 Å². The van der Waals surface area contributed by atoms with Crippen molar-refractivity contribution < 1.29 is 9.47 Å². The van der Waals surface area contributed by atoms with E-state index in [1.54, 1.807) is 13.3 Å². The summed E-state index contributed by atoms with van der Waals surface area (Å²) >= 11 is 0. The Kier molecular flexibility index (Phi) is 3.75. The minimum absolute atomic E-state index is 0.259. The molecule has 114 valence electrons. The lowest BCUT2D eigenvalue weighted by molar-refractivity contribution is 0.353. The Balaban J connectivity index is 2.02. The monoisotopic (exact) mass is 298 g/mol. The summed E-state index contributed by atoms with van der Waals surface area (Å²) in [5.41, 5.74) is 3.56. The Hall–Kier alpha value is -2.50. The minimum Gasteiger partial charge on any atom is -0.480 e. The number of methoxy groups -OCH3 is 2. The zero-order valence-corrected chi connectivity index (χ0v) is 12.9. The van der Waals surface area contributed by atoms with Crippen molar-refractivity contribution in [2.75, 3.05) is 14.2 Å². The highest BCUT2D eigenvalue weighted by Crippen LogP contribution is 2.49. The second kappa shape index (κ2) is 5.71. The summed E-state index contributed by atoms with van der Waals surface area (Å²) < 4.78 is 10.3. The predicted octanol–water partition coefficient (Wildman–Crippen LogP) is 2.55. The van der Waals surface area contributed by atoms with E-state index < -0.39 is 0 Å². The van der Waals surface area contributed by atoms with Gasteiger partial charge in [-0.3, -0.25) is 0 Å². The lowest BCUT2D eigenvalue weighted by Crippen LogP contribution is -2.01. The highest BCUT2D eigenvalue weighted by molar-refractivity contribution is 5.64. The Bertz CT molecular complexity index is 717. The van der Waals surface area contributed by atoms with Crippen LogP contribution in [0.4, 0.5) is 0 Å². The van der Waals surface area contributed by atoms with Gasteiger partial charge in [0.05, 0.1) is 25.5 Å². The average molecular weight is 298 g/mol. The quantitative estimate of drug-likeness (QED) is 0.790. The molecule has 1 fully saturated rings. The fourth-order valence-corrected chi connectivity index (χ4v) is 2.59. The average Bonchev–Trinajstić information content (AvgIpc) is 3.34. The van der Waals surface area contributed by atoms with Crippen molar-refractivity contribution in [2.24, 2.45) is 5.92 Å². The fraction of sp³-hybridized carbons (Fsp3) is 0.375. The van der Waals surface area contributed by atoms with E-state index >= 15 is 0 Å². The molecule has 2 aromatic rings. The molecule has 1 aliphatic rings. The van der Waals surface area contributed by atoms with Crippen LogP contribution >= 0.6 is 0 Å². The minimum atomic E-state index is 0.259. The van der Waals surface area contributed by atoms with Crippen molar-refractivity contribution in [3.63, 3.8) is 0 Å². The van der Waals surface area contributed by atoms with Crippen molar-refractivity contribution in [1.82, 2.24) is 20.2 Å². The van der Waals surface area contributed by atoms with Crippen LogP contribution in [0.2, 0.25) is 0 Å². The van der Waals surface area contributed by atoms with E-state index in [1.807, 2.05) is 19.1 Å². The lowest BCUT2D eigenvalue weighted by Gasteiger charge is -2.09. The molecule has 22 heavy (non-hydrogen) atoms. The number of aromatic nitrogens is 4. The second-order valence-corrected chi connectivity index (χ2v) is 5.29. The van der Waals surface area contributed by atoms with E-state index in [0.29, 0.717) is 29.0 Å². The number of rotatable bonds is 5. The predicted molar refractivity (Wildman–Crippen MR) is 81.9 cm³/mol. The van der Waals surface area contributed by atoms with Gasteiger partial charge in [0.2, 0.25) is 5.88 Å². The largest absolute Gasteiger partial charge is 0.480 e. The van der Waals surface area contributed by atoms with Crippen LogP contribution in [0.5, 0.6) is 11.9 Å². The van der Waals surface area contributed by atoms with Crippen molar-refractivity contribution in [3.05, 3.63) is 36.2 Å². The first-order valence-electron chi connectivity index (χ1n) is 7.10. The maximum atomic E-state index is 5.32. The van der Waals surface area contributed by atoms with E-state index in [4.69, 9.17) is 9.47 Å². The first kappa shape index (κ1) is 14.4. The van der Waals surface area contributed by atoms with Crippen LogP contribution in [0, 0.1) is 12.8 Å². The maximum Gasteiger partial charge on any atom is 0.319 e. The number of ether oxygens (including phenoxy) is 2. The fourth-order valence-electron chi connectivity index (χ4n) is 2.59. The summed E-state index contributed by atoms with van der Waals surface area (Å²) in [4.78, 5) is 8.32. The maximum absolute atomic E-state index is 5.32.